The fourth-order valence-corrected chi connectivity index (χ4v) is 10.7. The van der Waals surface area contributed by atoms with E-state index in [0.29, 0.717) is 9.79 Å². The van der Waals surface area contributed by atoms with Crippen LogP contribution >= 0.6 is 6.04 Å². The number of hydrogen-bond acceptors (Lipinski definition) is 3. The summed E-state index contributed by atoms with van der Waals surface area (Å²) in [5.41, 5.74) is 3.88. The van der Waals surface area contributed by atoms with Crippen LogP contribution in [0.2, 0.25) is 0 Å². The average molecular weight is 430 g/mol. The third-order valence-electron chi connectivity index (χ3n) is 5.86. The van der Waals surface area contributed by atoms with Gasteiger partial charge in [0.15, 0.2) is 0 Å². The quantitative estimate of drug-likeness (QED) is 0.366. The number of benzene rings is 4. The molecule has 0 atom stereocenters. The van der Waals surface area contributed by atoms with E-state index in [2.05, 4.69) is 24.3 Å². The first-order valence-electron chi connectivity index (χ1n) is 9.32. The maximum absolute atomic E-state index is 13.2. The summed E-state index contributed by atoms with van der Waals surface area (Å²) in [6.45, 7) is 0. The Morgan fingerprint density at radius 1 is 0.586 bits per heavy atom. The molecule has 0 saturated heterocycles. The number of fused-ring (bicyclic) bond motifs is 6. The summed E-state index contributed by atoms with van der Waals surface area (Å²) in [7, 11) is -3.53. The summed E-state index contributed by atoms with van der Waals surface area (Å²) in [6, 6.07) is 27.2. The van der Waals surface area contributed by atoms with Crippen LogP contribution in [0.25, 0.3) is 22.3 Å². The van der Waals surface area contributed by atoms with Crippen molar-refractivity contribution < 1.29 is 8.42 Å². The van der Waals surface area contributed by atoms with E-state index >= 15 is 0 Å². The van der Waals surface area contributed by atoms with E-state index in [1.807, 2.05) is 54.6 Å². The SMILES string of the molecule is O=S1(=O)c2ccccc2-c2ccc(P3(=S)c4ccccc4-c4ccccc43)cc21. The van der Waals surface area contributed by atoms with Gasteiger partial charge in [-0.2, -0.15) is 0 Å². The van der Waals surface area contributed by atoms with Crippen LogP contribution in [-0.2, 0) is 21.6 Å². The minimum Gasteiger partial charge on any atom is -0.218 e. The molecule has 140 valence electrons. The molecule has 0 bridgehead atoms. The van der Waals surface area contributed by atoms with Crippen LogP contribution in [0, 0.1) is 0 Å². The van der Waals surface area contributed by atoms with Crippen LogP contribution in [0.1, 0.15) is 0 Å². The van der Waals surface area contributed by atoms with Crippen molar-refractivity contribution in [2.75, 3.05) is 0 Å². The number of sulfone groups is 1. The molecule has 2 nitrogen and oxygen atoms in total. The molecule has 0 aliphatic carbocycles. The Labute approximate surface area is 174 Å². The van der Waals surface area contributed by atoms with Crippen molar-refractivity contribution in [1.82, 2.24) is 0 Å². The van der Waals surface area contributed by atoms with Gasteiger partial charge < -0.3 is 0 Å². The van der Waals surface area contributed by atoms with Crippen molar-refractivity contribution in [1.29, 1.82) is 0 Å². The van der Waals surface area contributed by atoms with Crippen LogP contribution in [-0.4, -0.2) is 8.42 Å². The molecule has 4 aromatic rings. The lowest BCUT2D eigenvalue weighted by atomic mass is 10.1. The molecule has 0 fully saturated rings. The molecule has 0 spiro atoms. The zero-order valence-corrected chi connectivity index (χ0v) is 17.8. The lowest BCUT2D eigenvalue weighted by molar-refractivity contribution is 0.599. The first-order valence-corrected chi connectivity index (χ1v) is 13.6. The zero-order valence-electron chi connectivity index (χ0n) is 15.2. The Kier molecular flexibility index (Phi) is 3.45. The first kappa shape index (κ1) is 17.3. The predicted molar refractivity (Wildman–Crippen MR) is 122 cm³/mol. The lowest BCUT2D eigenvalue weighted by Crippen LogP contribution is -2.21. The minimum absolute atomic E-state index is 0.377. The summed E-state index contributed by atoms with van der Waals surface area (Å²) < 4.78 is 26.4. The molecular weight excluding hydrogens is 415 g/mol. The van der Waals surface area contributed by atoms with Gasteiger partial charge in [-0.1, -0.05) is 90.7 Å². The molecule has 0 saturated carbocycles. The molecule has 0 aromatic heterocycles. The normalized spacial score (nSPS) is 16.6. The monoisotopic (exact) mass is 430 g/mol. The molecule has 2 heterocycles. The summed E-state index contributed by atoms with van der Waals surface area (Å²) in [5.74, 6) is 0. The third kappa shape index (κ3) is 2.12. The maximum atomic E-state index is 13.2. The summed E-state index contributed by atoms with van der Waals surface area (Å²) in [5, 5.41) is 3.22. The van der Waals surface area contributed by atoms with Crippen LogP contribution in [0.3, 0.4) is 0 Å². The second-order valence-corrected chi connectivity index (χ2v) is 13.6. The molecule has 0 amide bonds. The first-order chi connectivity index (χ1) is 14.0. The number of rotatable bonds is 1. The molecule has 0 unspecified atom stereocenters. The molecule has 4 aromatic carbocycles. The van der Waals surface area contributed by atoms with E-state index in [1.54, 1.807) is 12.1 Å². The lowest BCUT2D eigenvalue weighted by Gasteiger charge is -2.20. The Bertz CT molecular complexity index is 1450. The molecule has 5 heteroatoms. The molecule has 0 radical (unpaired) electrons. The van der Waals surface area contributed by atoms with Gasteiger partial charge in [-0.15, -0.1) is 0 Å². The molecule has 0 N–H and O–H groups in total. The van der Waals surface area contributed by atoms with Gasteiger partial charge in [0.05, 0.1) is 9.79 Å². The standard InChI is InChI=1S/C24H15O2PS2/c25-29(26)23-12-6-3-9-19(23)20-14-13-16(15-24(20)29)27(28)21-10-4-1-7-17(21)18-8-2-5-11-22(18)27/h1-15H. The van der Waals surface area contributed by atoms with Gasteiger partial charge in [0.1, 0.15) is 0 Å². The molecule has 6 rings (SSSR count). The smallest absolute Gasteiger partial charge is 0.207 e. The third-order valence-corrected chi connectivity index (χ3v) is 12.7. The maximum Gasteiger partial charge on any atom is 0.207 e. The van der Waals surface area contributed by atoms with E-state index in [-0.39, 0.29) is 0 Å². The van der Waals surface area contributed by atoms with Crippen molar-refractivity contribution in [3.63, 3.8) is 0 Å². The highest BCUT2D eigenvalue weighted by molar-refractivity contribution is 8.26. The van der Waals surface area contributed by atoms with Gasteiger partial charge in [-0.25, -0.2) is 8.42 Å². The zero-order chi connectivity index (χ0) is 19.8. The Hall–Kier alpha value is -2.52. The molecule has 2 aliphatic rings. The highest BCUT2D eigenvalue weighted by Gasteiger charge is 2.38. The van der Waals surface area contributed by atoms with E-state index < -0.39 is 15.9 Å². The summed E-state index contributed by atoms with van der Waals surface area (Å²) in [6.07, 6.45) is 0. The highest BCUT2D eigenvalue weighted by atomic mass is 32.4. The van der Waals surface area contributed by atoms with Gasteiger partial charge in [0, 0.05) is 27.8 Å². The van der Waals surface area contributed by atoms with Gasteiger partial charge >= 0.3 is 0 Å². The minimum atomic E-state index is -3.53. The Morgan fingerprint density at radius 2 is 1.10 bits per heavy atom. The molecular formula is C24H15O2PS2. The van der Waals surface area contributed by atoms with Crippen LogP contribution in [0.15, 0.2) is 101 Å². The Balaban J connectivity index is 1.66. The van der Waals surface area contributed by atoms with Crippen LogP contribution in [0.4, 0.5) is 0 Å². The summed E-state index contributed by atoms with van der Waals surface area (Å²) in [4.78, 5) is 0.762. The van der Waals surface area contributed by atoms with Crippen molar-refractivity contribution in [2.24, 2.45) is 0 Å². The molecule has 29 heavy (non-hydrogen) atoms. The van der Waals surface area contributed by atoms with Gasteiger partial charge in [-0.3, -0.25) is 0 Å². The van der Waals surface area contributed by atoms with Crippen molar-refractivity contribution in [3.8, 4) is 22.3 Å². The fourth-order valence-electron chi connectivity index (χ4n) is 4.55. The predicted octanol–water partition coefficient (Wildman–Crippen LogP) is 4.24. The average Bonchev–Trinajstić information content (AvgIpc) is 3.16. The highest BCUT2D eigenvalue weighted by Crippen LogP contribution is 2.53. The fraction of sp³-hybridized carbons (Fsp3) is 0. The summed E-state index contributed by atoms with van der Waals surface area (Å²) >= 11 is 6.39. The largest absolute Gasteiger partial charge is 0.218 e. The Morgan fingerprint density at radius 3 is 1.76 bits per heavy atom. The van der Waals surface area contributed by atoms with Crippen molar-refractivity contribution >= 4 is 43.6 Å². The van der Waals surface area contributed by atoms with E-state index in [9.17, 15) is 8.42 Å². The van der Waals surface area contributed by atoms with E-state index in [4.69, 9.17) is 11.8 Å². The van der Waals surface area contributed by atoms with Gasteiger partial charge in [0.2, 0.25) is 9.84 Å². The van der Waals surface area contributed by atoms with Gasteiger partial charge in [0.25, 0.3) is 0 Å². The van der Waals surface area contributed by atoms with Crippen LogP contribution in [0.5, 0.6) is 0 Å². The van der Waals surface area contributed by atoms with E-state index in [0.717, 1.165) is 38.2 Å². The topological polar surface area (TPSA) is 34.1 Å². The van der Waals surface area contributed by atoms with Crippen LogP contribution < -0.4 is 15.9 Å². The van der Waals surface area contributed by atoms with Crippen molar-refractivity contribution in [3.05, 3.63) is 91.0 Å². The number of hydrogen-bond donors (Lipinski definition) is 0. The molecule has 2 aliphatic heterocycles. The van der Waals surface area contributed by atoms with Crippen molar-refractivity contribution in [2.45, 2.75) is 9.79 Å². The second-order valence-electron chi connectivity index (χ2n) is 7.32. The van der Waals surface area contributed by atoms with Gasteiger partial charge in [-0.05, 0) is 28.6 Å². The second kappa shape index (κ2) is 5.76. The van der Waals surface area contributed by atoms with E-state index in [1.165, 1.54) is 0 Å².